The lowest BCUT2D eigenvalue weighted by atomic mass is 10.1. The van der Waals surface area contributed by atoms with E-state index in [4.69, 9.17) is 9.84 Å². The second-order valence-electron chi connectivity index (χ2n) is 7.65. The number of nitrogens with zero attached hydrogens (tertiary/aromatic N) is 2. The van der Waals surface area contributed by atoms with Crippen molar-refractivity contribution >= 4 is 11.9 Å². The van der Waals surface area contributed by atoms with Crippen LogP contribution in [0, 0.1) is 12.7 Å². The predicted molar refractivity (Wildman–Crippen MR) is 104 cm³/mol. The maximum absolute atomic E-state index is 13.2. The first kappa shape index (κ1) is 22.3. The zero-order valence-electron chi connectivity index (χ0n) is 16.9. The van der Waals surface area contributed by atoms with Crippen LogP contribution in [0.15, 0.2) is 30.5 Å². The summed E-state index contributed by atoms with van der Waals surface area (Å²) >= 11 is 0. The Morgan fingerprint density at radius 3 is 2.34 bits per heavy atom. The Hall–Kier alpha value is -3.00. The van der Waals surface area contributed by atoms with Crippen LogP contribution in [-0.4, -0.2) is 44.2 Å². The molecule has 0 unspecified atom stereocenters. The number of carbonyl (C=O) groups excluding carboxylic acids is 2. The fourth-order valence-electron chi connectivity index (χ4n) is 2.60. The molecule has 0 saturated heterocycles. The van der Waals surface area contributed by atoms with Crippen LogP contribution in [-0.2, 0) is 17.8 Å². The largest absolute Gasteiger partial charge is 0.505 e. The lowest BCUT2D eigenvalue weighted by Crippen LogP contribution is -2.36. The van der Waals surface area contributed by atoms with Gasteiger partial charge in [-0.25, -0.2) is 14.2 Å². The van der Waals surface area contributed by atoms with Crippen LogP contribution in [0.25, 0.3) is 0 Å². The molecule has 8 heteroatoms. The molecule has 2 aromatic rings. The molecular weight excluding hydrogens is 379 g/mol. The van der Waals surface area contributed by atoms with Gasteiger partial charge in [0, 0.05) is 12.7 Å². The number of ether oxygens (including phenoxy) is 1. The summed E-state index contributed by atoms with van der Waals surface area (Å²) < 4.78 is 18.7. The Kier molecular flexibility index (Phi) is 6.92. The highest BCUT2D eigenvalue weighted by atomic mass is 19.1. The standard InChI is InChI=1S/C21H25FN2O5/c1-13-15(9-23-18(19(13)27)17(26)12-25)11-24(20(28)29-21(2,3)4)10-14-5-7-16(22)8-6-14/h5-9,25,27H,10-12H2,1-4H3. The summed E-state index contributed by atoms with van der Waals surface area (Å²) in [6.07, 6.45) is 0.788. The maximum atomic E-state index is 13.2. The monoisotopic (exact) mass is 404 g/mol. The molecule has 0 saturated carbocycles. The van der Waals surface area contributed by atoms with Crippen molar-refractivity contribution in [3.05, 3.63) is 58.7 Å². The van der Waals surface area contributed by atoms with E-state index in [-0.39, 0.29) is 30.4 Å². The van der Waals surface area contributed by atoms with Crippen molar-refractivity contribution in [1.82, 2.24) is 9.88 Å². The first-order valence-corrected chi connectivity index (χ1v) is 9.05. The van der Waals surface area contributed by atoms with E-state index in [0.717, 1.165) is 0 Å². The fraction of sp³-hybridized carbons (Fsp3) is 0.381. The number of hydrogen-bond donors (Lipinski definition) is 2. The molecule has 156 valence electrons. The summed E-state index contributed by atoms with van der Waals surface area (Å²) in [5.41, 5.74) is 0.620. The summed E-state index contributed by atoms with van der Waals surface area (Å²) in [4.78, 5) is 29.7. The average Bonchev–Trinajstić information content (AvgIpc) is 2.64. The van der Waals surface area contributed by atoms with Gasteiger partial charge in [-0.1, -0.05) is 12.1 Å². The van der Waals surface area contributed by atoms with Crippen LogP contribution in [0.3, 0.4) is 0 Å². The molecule has 0 radical (unpaired) electrons. The summed E-state index contributed by atoms with van der Waals surface area (Å²) in [7, 11) is 0. The van der Waals surface area contributed by atoms with E-state index in [2.05, 4.69) is 4.98 Å². The summed E-state index contributed by atoms with van der Waals surface area (Å²) in [5, 5.41) is 19.3. The number of aliphatic hydroxyl groups excluding tert-OH is 1. The Morgan fingerprint density at radius 1 is 1.17 bits per heavy atom. The maximum Gasteiger partial charge on any atom is 0.410 e. The zero-order chi connectivity index (χ0) is 21.8. The van der Waals surface area contributed by atoms with Crippen molar-refractivity contribution < 1.29 is 28.9 Å². The van der Waals surface area contributed by atoms with E-state index in [1.165, 1.54) is 23.2 Å². The lowest BCUT2D eigenvalue weighted by Gasteiger charge is -2.28. The molecule has 0 aliphatic heterocycles. The first-order chi connectivity index (χ1) is 13.5. The topological polar surface area (TPSA) is 100.0 Å². The average molecular weight is 404 g/mol. The third-order valence-electron chi connectivity index (χ3n) is 4.12. The molecule has 0 bridgehead atoms. The van der Waals surface area contributed by atoms with Gasteiger partial charge in [-0.2, -0.15) is 0 Å². The van der Waals surface area contributed by atoms with Crippen molar-refractivity contribution in [1.29, 1.82) is 0 Å². The second kappa shape index (κ2) is 9.00. The third kappa shape index (κ3) is 5.99. The minimum absolute atomic E-state index is 0.0479. The number of aliphatic hydroxyl groups is 1. The van der Waals surface area contributed by atoms with Crippen LogP contribution in [0.5, 0.6) is 5.75 Å². The number of aromatic nitrogens is 1. The van der Waals surface area contributed by atoms with E-state index in [9.17, 15) is 19.1 Å². The smallest absolute Gasteiger partial charge is 0.410 e. The van der Waals surface area contributed by atoms with Gasteiger partial charge in [0.2, 0.25) is 5.78 Å². The van der Waals surface area contributed by atoms with E-state index < -0.39 is 24.1 Å². The van der Waals surface area contributed by atoms with Gasteiger partial charge in [-0.05, 0) is 56.5 Å². The van der Waals surface area contributed by atoms with Gasteiger partial charge in [0.25, 0.3) is 0 Å². The molecule has 1 aromatic carbocycles. The molecule has 7 nitrogen and oxygen atoms in total. The third-order valence-corrected chi connectivity index (χ3v) is 4.12. The summed E-state index contributed by atoms with van der Waals surface area (Å²) in [6.45, 7) is 6.25. The van der Waals surface area contributed by atoms with Gasteiger partial charge in [0.05, 0.1) is 6.54 Å². The SMILES string of the molecule is Cc1c(CN(Cc2ccc(F)cc2)C(=O)OC(C)(C)C)cnc(C(=O)CO)c1O. The van der Waals surface area contributed by atoms with Crippen molar-refractivity contribution in [3.8, 4) is 5.75 Å². The summed E-state index contributed by atoms with van der Waals surface area (Å²) in [5.74, 6) is -1.42. The molecule has 1 aromatic heterocycles. The molecular formula is C21H25FN2O5. The number of ketones is 1. The van der Waals surface area contributed by atoms with E-state index >= 15 is 0 Å². The molecule has 0 spiro atoms. The van der Waals surface area contributed by atoms with Crippen molar-refractivity contribution in [3.63, 3.8) is 0 Å². The molecule has 2 rings (SSSR count). The van der Waals surface area contributed by atoms with Crippen LogP contribution in [0.4, 0.5) is 9.18 Å². The molecule has 0 atom stereocenters. The Balaban J connectivity index is 2.33. The van der Waals surface area contributed by atoms with Crippen molar-refractivity contribution in [2.75, 3.05) is 6.61 Å². The van der Waals surface area contributed by atoms with E-state index in [1.54, 1.807) is 39.8 Å². The Labute approximate surface area is 168 Å². The molecule has 0 fully saturated rings. The van der Waals surface area contributed by atoms with Crippen LogP contribution in [0.2, 0.25) is 0 Å². The number of rotatable bonds is 6. The molecule has 2 N–H and O–H groups in total. The highest BCUT2D eigenvalue weighted by Gasteiger charge is 2.24. The molecule has 1 amide bonds. The molecule has 0 aliphatic rings. The van der Waals surface area contributed by atoms with E-state index in [0.29, 0.717) is 16.7 Å². The normalized spacial score (nSPS) is 11.2. The van der Waals surface area contributed by atoms with Crippen LogP contribution < -0.4 is 0 Å². The van der Waals surface area contributed by atoms with Gasteiger partial charge < -0.3 is 14.9 Å². The van der Waals surface area contributed by atoms with Crippen LogP contribution >= 0.6 is 0 Å². The number of aromatic hydroxyl groups is 1. The number of Topliss-reactive ketones (excluding diaryl/α,β-unsaturated/α-hetero) is 1. The number of pyridine rings is 1. The second-order valence-corrected chi connectivity index (χ2v) is 7.65. The summed E-state index contributed by atoms with van der Waals surface area (Å²) in [6, 6.07) is 5.74. The number of halogens is 1. The molecule has 29 heavy (non-hydrogen) atoms. The van der Waals surface area contributed by atoms with Gasteiger partial charge in [0.15, 0.2) is 5.69 Å². The Morgan fingerprint density at radius 2 is 1.79 bits per heavy atom. The van der Waals surface area contributed by atoms with Gasteiger partial charge >= 0.3 is 6.09 Å². The van der Waals surface area contributed by atoms with Crippen molar-refractivity contribution in [2.24, 2.45) is 0 Å². The number of carbonyl (C=O) groups is 2. The molecule has 1 heterocycles. The quantitative estimate of drug-likeness (QED) is 0.717. The van der Waals surface area contributed by atoms with E-state index in [1.807, 2.05) is 0 Å². The minimum atomic E-state index is -0.770. The first-order valence-electron chi connectivity index (χ1n) is 9.05. The minimum Gasteiger partial charge on any atom is -0.505 e. The van der Waals surface area contributed by atoms with Gasteiger partial charge in [-0.15, -0.1) is 0 Å². The molecule has 0 aliphatic carbocycles. The van der Waals surface area contributed by atoms with Gasteiger partial charge in [-0.3, -0.25) is 9.69 Å². The lowest BCUT2D eigenvalue weighted by molar-refractivity contribution is 0.0215. The van der Waals surface area contributed by atoms with Crippen molar-refractivity contribution in [2.45, 2.75) is 46.4 Å². The highest BCUT2D eigenvalue weighted by molar-refractivity contribution is 5.97. The number of amides is 1. The Bertz CT molecular complexity index is 891. The zero-order valence-corrected chi connectivity index (χ0v) is 16.9. The highest BCUT2D eigenvalue weighted by Crippen LogP contribution is 2.26. The predicted octanol–water partition coefficient (Wildman–Crippen LogP) is 3.35. The van der Waals surface area contributed by atoms with Crippen LogP contribution in [0.1, 0.15) is 48.0 Å². The van der Waals surface area contributed by atoms with Gasteiger partial charge in [0.1, 0.15) is 23.8 Å². The number of hydrogen-bond acceptors (Lipinski definition) is 6. The fourth-order valence-corrected chi connectivity index (χ4v) is 2.60. The number of benzene rings is 1.